The van der Waals surface area contributed by atoms with Crippen molar-refractivity contribution in [3.63, 3.8) is 0 Å². The van der Waals surface area contributed by atoms with E-state index in [9.17, 15) is 9.90 Å². The maximum atomic E-state index is 12.2. The average molecular weight is 562 g/mol. The van der Waals surface area contributed by atoms with E-state index in [1.165, 1.54) is 10.4 Å². The van der Waals surface area contributed by atoms with Crippen LogP contribution in [0.4, 0.5) is 0 Å². The van der Waals surface area contributed by atoms with E-state index < -0.39 is 14.3 Å². The molecule has 214 valence electrons. The monoisotopic (exact) mass is 561 g/mol. The topological polar surface area (TPSA) is 77.0 Å². The van der Waals surface area contributed by atoms with Crippen molar-refractivity contribution in [2.75, 3.05) is 13.2 Å². The van der Waals surface area contributed by atoms with E-state index in [4.69, 9.17) is 13.9 Å². The van der Waals surface area contributed by atoms with Gasteiger partial charge in [-0.1, -0.05) is 88.4 Å². The Kier molecular flexibility index (Phi) is 9.39. The van der Waals surface area contributed by atoms with Gasteiger partial charge in [0.15, 0.2) is 0 Å². The van der Waals surface area contributed by atoms with Gasteiger partial charge in [-0.15, -0.1) is 0 Å². The number of benzene rings is 3. The quantitative estimate of drug-likeness (QED) is 0.299. The zero-order chi connectivity index (χ0) is 28.9. The Labute approximate surface area is 239 Å². The summed E-state index contributed by atoms with van der Waals surface area (Å²) in [5.41, 5.74) is 0.967. The van der Waals surface area contributed by atoms with Gasteiger partial charge in [0.2, 0.25) is 0 Å². The summed E-state index contributed by atoms with van der Waals surface area (Å²) in [4.78, 5) is 12.2. The number of rotatable bonds is 11. The van der Waals surface area contributed by atoms with Crippen molar-refractivity contribution >= 4 is 24.7 Å². The maximum absolute atomic E-state index is 12.2. The molecule has 7 heteroatoms. The molecule has 0 unspecified atom stereocenters. The summed E-state index contributed by atoms with van der Waals surface area (Å²) in [6.07, 6.45) is 1.46. The predicted molar refractivity (Wildman–Crippen MR) is 163 cm³/mol. The van der Waals surface area contributed by atoms with Gasteiger partial charge < -0.3 is 24.3 Å². The molecule has 6 nitrogen and oxygen atoms in total. The minimum Gasteiger partial charge on any atom is -0.491 e. The fourth-order valence-electron chi connectivity index (χ4n) is 5.57. The fraction of sp³-hybridized carbons (Fsp3) is 0.424. The summed E-state index contributed by atoms with van der Waals surface area (Å²) >= 11 is 0. The van der Waals surface area contributed by atoms with Crippen LogP contribution in [0.15, 0.2) is 72.8 Å². The number of aryl methyl sites for hydroxylation is 1. The zero-order valence-corrected chi connectivity index (χ0v) is 25.6. The lowest BCUT2D eigenvalue weighted by Crippen LogP contribution is -2.67. The highest BCUT2D eigenvalue weighted by Crippen LogP contribution is 2.38. The van der Waals surface area contributed by atoms with E-state index in [1.807, 2.05) is 20.8 Å². The second-order valence-electron chi connectivity index (χ2n) is 11.8. The van der Waals surface area contributed by atoms with Crippen molar-refractivity contribution < 1.29 is 23.8 Å². The Bertz CT molecular complexity index is 1240. The van der Waals surface area contributed by atoms with Gasteiger partial charge in [-0.3, -0.25) is 0 Å². The molecule has 0 aliphatic carbocycles. The summed E-state index contributed by atoms with van der Waals surface area (Å²) < 4.78 is 19.4. The van der Waals surface area contributed by atoms with Crippen LogP contribution in [0.25, 0.3) is 0 Å². The molecular formula is C33H43NO5Si. The molecule has 1 saturated heterocycles. The summed E-state index contributed by atoms with van der Waals surface area (Å²) in [6, 6.07) is 24.9. The van der Waals surface area contributed by atoms with Crippen LogP contribution >= 0.6 is 0 Å². The standard InChI is InChI=1S/C33H43NO5Si/c1-7-24(3)38-30-19-23(2)18-29(31(30)32(35)36)37-22-25-20-26(21-34-25)39-40(33(4,5)6,27-14-10-8-11-15-27)28-16-12-9-13-17-28/h8-19,24-26,34H,7,20-22H2,1-6H3,(H,35,36)/t24-,25-,26-/m1/s1. The highest BCUT2D eigenvalue weighted by molar-refractivity contribution is 6.99. The van der Waals surface area contributed by atoms with Crippen LogP contribution < -0.4 is 25.2 Å². The number of carbonyl (C=O) groups is 1. The van der Waals surface area contributed by atoms with Gasteiger partial charge in [-0.2, -0.15) is 0 Å². The molecule has 1 fully saturated rings. The summed E-state index contributed by atoms with van der Waals surface area (Å²) in [6.45, 7) is 13.8. The number of hydrogen-bond donors (Lipinski definition) is 2. The lowest BCUT2D eigenvalue weighted by molar-refractivity contribution is 0.0683. The molecular weight excluding hydrogens is 518 g/mol. The molecule has 1 aliphatic rings. The first-order chi connectivity index (χ1) is 19.0. The van der Waals surface area contributed by atoms with E-state index in [0.29, 0.717) is 24.7 Å². The first-order valence-electron chi connectivity index (χ1n) is 14.2. The Morgan fingerprint density at radius 2 is 1.60 bits per heavy atom. The molecule has 2 N–H and O–H groups in total. The summed E-state index contributed by atoms with van der Waals surface area (Å²) in [5.74, 6) is -0.367. The van der Waals surface area contributed by atoms with Crippen molar-refractivity contribution in [3.8, 4) is 11.5 Å². The number of carboxylic acid groups (broad SMARTS) is 1. The van der Waals surface area contributed by atoms with E-state index >= 15 is 0 Å². The van der Waals surface area contributed by atoms with Crippen LogP contribution in [-0.4, -0.2) is 50.8 Å². The minimum absolute atomic E-state index is 0.000607. The zero-order valence-electron chi connectivity index (χ0n) is 24.6. The molecule has 3 aromatic rings. The minimum atomic E-state index is -2.66. The van der Waals surface area contributed by atoms with Crippen molar-refractivity contribution in [3.05, 3.63) is 83.9 Å². The third-order valence-electron chi connectivity index (χ3n) is 7.71. The Balaban J connectivity index is 1.55. The van der Waals surface area contributed by atoms with Crippen molar-refractivity contribution in [2.45, 2.75) is 77.7 Å². The number of ether oxygens (including phenoxy) is 2. The first kappa shape index (κ1) is 29.8. The molecule has 0 radical (unpaired) electrons. The van der Waals surface area contributed by atoms with Gasteiger partial charge in [0.05, 0.1) is 12.2 Å². The predicted octanol–water partition coefficient (Wildman–Crippen LogP) is 5.56. The van der Waals surface area contributed by atoms with E-state index in [-0.39, 0.29) is 28.9 Å². The van der Waals surface area contributed by atoms with Crippen molar-refractivity contribution in [1.29, 1.82) is 0 Å². The second-order valence-corrected chi connectivity index (χ2v) is 16.1. The number of hydrogen-bond acceptors (Lipinski definition) is 5. The van der Waals surface area contributed by atoms with E-state index in [2.05, 4.69) is 86.8 Å². The van der Waals surface area contributed by atoms with E-state index in [1.54, 1.807) is 12.1 Å². The summed E-state index contributed by atoms with van der Waals surface area (Å²) in [7, 11) is -2.66. The van der Waals surface area contributed by atoms with Gasteiger partial charge >= 0.3 is 5.97 Å². The molecule has 0 aromatic heterocycles. The van der Waals surface area contributed by atoms with Crippen molar-refractivity contribution in [2.24, 2.45) is 0 Å². The molecule has 0 bridgehead atoms. The summed E-state index contributed by atoms with van der Waals surface area (Å²) in [5, 5.41) is 16.0. The SMILES string of the molecule is CC[C@@H](C)Oc1cc(C)cc(OC[C@H]2C[C@@H](O[Si](c3ccccc3)(c3ccccc3)C(C)(C)C)CN2)c1C(=O)O. The Morgan fingerprint density at radius 1 is 1.02 bits per heavy atom. The lowest BCUT2D eigenvalue weighted by atomic mass is 10.1. The Morgan fingerprint density at radius 3 is 2.12 bits per heavy atom. The van der Waals surface area contributed by atoms with Gasteiger partial charge in [0.1, 0.15) is 23.7 Å². The Hall–Kier alpha value is -3.13. The fourth-order valence-corrected chi connectivity index (χ4v) is 10.3. The highest BCUT2D eigenvalue weighted by atomic mass is 28.4. The smallest absolute Gasteiger partial charge is 0.343 e. The van der Waals surface area contributed by atoms with Crippen LogP contribution in [0.1, 0.15) is 63.4 Å². The second kappa shape index (κ2) is 12.6. The third kappa shape index (κ3) is 6.43. The number of aromatic carboxylic acids is 1. The highest BCUT2D eigenvalue weighted by Gasteiger charge is 2.52. The number of nitrogens with one attached hydrogen (secondary N) is 1. The molecule has 40 heavy (non-hydrogen) atoms. The molecule has 0 saturated carbocycles. The average Bonchev–Trinajstić information content (AvgIpc) is 3.37. The molecule has 1 aliphatic heterocycles. The maximum Gasteiger partial charge on any atom is 0.343 e. The van der Waals surface area contributed by atoms with Crippen LogP contribution in [-0.2, 0) is 4.43 Å². The molecule has 4 rings (SSSR count). The van der Waals surface area contributed by atoms with Crippen LogP contribution in [0.2, 0.25) is 5.04 Å². The van der Waals surface area contributed by atoms with Crippen LogP contribution in [0.3, 0.4) is 0 Å². The van der Waals surface area contributed by atoms with Gasteiger partial charge in [-0.25, -0.2) is 4.79 Å². The number of carboxylic acids is 1. The van der Waals surface area contributed by atoms with Gasteiger partial charge in [0.25, 0.3) is 8.32 Å². The largest absolute Gasteiger partial charge is 0.491 e. The van der Waals surface area contributed by atoms with Crippen molar-refractivity contribution in [1.82, 2.24) is 5.32 Å². The van der Waals surface area contributed by atoms with Gasteiger partial charge in [-0.05, 0) is 59.8 Å². The normalized spacial score (nSPS) is 18.4. The molecule has 3 atom stereocenters. The third-order valence-corrected chi connectivity index (χ3v) is 12.8. The molecule has 1 heterocycles. The molecule has 0 spiro atoms. The van der Waals surface area contributed by atoms with Crippen LogP contribution in [0, 0.1) is 6.92 Å². The van der Waals surface area contributed by atoms with Crippen LogP contribution in [0.5, 0.6) is 11.5 Å². The molecule has 3 aromatic carbocycles. The lowest BCUT2D eigenvalue weighted by Gasteiger charge is -2.44. The van der Waals surface area contributed by atoms with Gasteiger partial charge in [0, 0.05) is 12.6 Å². The molecule has 0 amide bonds. The van der Waals surface area contributed by atoms with E-state index in [0.717, 1.165) is 18.4 Å². The first-order valence-corrected chi connectivity index (χ1v) is 16.2.